The monoisotopic (exact) mass is 310 g/mol. The van der Waals surface area contributed by atoms with Crippen molar-refractivity contribution in [3.8, 4) is 11.5 Å². The molecule has 0 saturated carbocycles. The predicted molar refractivity (Wildman–Crippen MR) is 94.9 cm³/mol. The van der Waals surface area contributed by atoms with Crippen molar-refractivity contribution < 1.29 is 14.6 Å². The van der Waals surface area contributed by atoms with Crippen LogP contribution in [0.15, 0.2) is 60.7 Å². The van der Waals surface area contributed by atoms with Crippen LogP contribution in [0, 0.1) is 0 Å². The standard InChI is InChI=1S/C20H22O3/c1-4-5-17(15-6-10-18(22-2)11-7-15)14-20(21)16-8-12-19(23-3)13-9-16/h5-14,21H,4H2,1-3H3/b17-5+,20-14-. The van der Waals surface area contributed by atoms with Crippen molar-refractivity contribution in [1.29, 1.82) is 0 Å². The Hall–Kier alpha value is -2.68. The van der Waals surface area contributed by atoms with Gasteiger partial charge in [-0.3, -0.25) is 0 Å². The smallest absolute Gasteiger partial charge is 0.123 e. The summed E-state index contributed by atoms with van der Waals surface area (Å²) >= 11 is 0. The lowest BCUT2D eigenvalue weighted by molar-refractivity contribution is 0.414. The summed E-state index contributed by atoms with van der Waals surface area (Å²) in [5, 5.41) is 10.4. The van der Waals surface area contributed by atoms with Crippen molar-refractivity contribution in [3.05, 3.63) is 71.8 Å². The van der Waals surface area contributed by atoms with Gasteiger partial charge in [0.15, 0.2) is 0 Å². The van der Waals surface area contributed by atoms with E-state index in [-0.39, 0.29) is 5.76 Å². The van der Waals surface area contributed by atoms with E-state index in [4.69, 9.17) is 9.47 Å². The van der Waals surface area contributed by atoms with Crippen molar-refractivity contribution in [2.75, 3.05) is 14.2 Å². The number of ether oxygens (including phenoxy) is 2. The molecule has 0 atom stereocenters. The summed E-state index contributed by atoms with van der Waals surface area (Å²) in [6, 6.07) is 15.1. The Morgan fingerprint density at radius 2 is 1.35 bits per heavy atom. The van der Waals surface area contributed by atoms with Crippen LogP contribution in [0.4, 0.5) is 0 Å². The molecular formula is C20H22O3. The highest BCUT2D eigenvalue weighted by Crippen LogP contribution is 2.24. The minimum Gasteiger partial charge on any atom is -0.507 e. The van der Waals surface area contributed by atoms with E-state index in [9.17, 15) is 5.11 Å². The number of rotatable bonds is 6. The van der Waals surface area contributed by atoms with E-state index >= 15 is 0 Å². The molecule has 23 heavy (non-hydrogen) atoms. The minimum absolute atomic E-state index is 0.225. The topological polar surface area (TPSA) is 38.7 Å². The molecule has 0 aromatic heterocycles. The largest absolute Gasteiger partial charge is 0.507 e. The van der Waals surface area contributed by atoms with Gasteiger partial charge in [-0.15, -0.1) is 0 Å². The molecule has 3 nitrogen and oxygen atoms in total. The summed E-state index contributed by atoms with van der Waals surface area (Å²) in [6.07, 6.45) is 4.75. The van der Waals surface area contributed by atoms with Crippen molar-refractivity contribution in [2.24, 2.45) is 0 Å². The summed E-state index contributed by atoms with van der Waals surface area (Å²) in [5.74, 6) is 1.80. The fraction of sp³-hybridized carbons (Fsp3) is 0.200. The maximum absolute atomic E-state index is 10.4. The number of aliphatic hydroxyl groups excluding tert-OH is 1. The van der Waals surface area contributed by atoms with Crippen molar-refractivity contribution >= 4 is 11.3 Å². The van der Waals surface area contributed by atoms with Crippen LogP contribution in [-0.2, 0) is 0 Å². The van der Waals surface area contributed by atoms with Gasteiger partial charge in [-0.25, -0.2) is 0 Å². The van der Waals surface area contributed by atoms with Crippen LogP contribution in [0.25, 0.3) is 11.3 Å². The van der Waals surface area contributed by atoms with Crippen molar-refractivity contribution in [1.82, 2.24) is 0 Å². The average molecular weight is 310 g/mol. The van der Waals surface area contributed by atoms with Crippen LogP contribution in [0.5, 0.6) is 11.5 Å². The second-order valence-corrected chi connectivity index (χ2v) is 5.05. The Morgan fingerprint density at radius 1 is 0.870 bits per heavy atom. The Bertz CT molecular complexity index is 680. The fourth-order valence-corrected chi connectivity index (χ4v) is 2.26. The van der Waals surface area contributed by atoms with E-state index < -0.39 is 0 Å². The highest BCUT2D eigenvalue weighted by molar-refractivity contribution is 5.81. The molecule has 0 aliphatic heterocycles. The molecule has 2 aromatic rings. The van der Waals surface area contributed by atoms with Gasteiger partial charge in [0, 0.05) is 5.56 Å². The molecule has 2 aromatic carbocycles. The minimum atomic E-state index is 0.225. The molecule has 0 fully saturated rings. The quantitative estimate of drug-likeness (QED) is 0.596. The summed E-state index contributed by atoms with van der Waals surface area (Å²) in [4.78, 5) is 0. The highest BCUT2D eigenvalue weighted by Gasteiger charge is 2.04. The third-order valence-corrected chi connectivity index (χ3v) is 3.53. The molecule has 0 aliphatic rings. The van der Waals surface area contributed by atoms with Crippen LogP contribution in [0.3, 0.4) is 0 Å². The molecule has 0 heterocycles. The second kappa shape index (κ2) is 8.08. The molecule has 0 bridgehead atoms. The molecule has 1 N–H and O–H groups in total. The van der Waals surface area contributed by atoms with Gasteiger partial charge >= 0.3 is 0 Å². The van der Waals surface area contributed by atoms with Gasteiger partial charge in [0.2, 0.25) is 0 Å². The lowest BCUT2D eigenvalue weighted by atomic mass is 10.0. The number of aliphatic hydroxyl groups is 1. The van der Waals surface area contributed by atoms with Gasteiger partial charge < -0.3 is 14.6 Å². The third kappa shape index (κ3) is 4.39. The zero-order chi connectivity index (χ0) is 16.7. The Kier molecular flexibility index (Phi) is 5.87. The number of hydrogen-bond donors (Lipinski definition) is 1. The van der Waals surface area contributed by atoms with E-state index in [0.717, 1.165) is 34.6 Å². The molecule has 0 amide bonds. The lowest BCUT2D eigenvalue weighted by Crippen LogP contribution is -1.89. The normalized spacial score (nSPS) is 12.1. The van der Waals surface area contributed by atoms with Crippen LogP contribution in [0.1, 0.15) is 24.5 Å². The third-order valence-electron chi connectivity index (χ3n) is 3.53. The Morgan fingerprint density at radius 3 is 1.78 bits per heavy atom. The molecule has 0 spiro atoms. The fourth-order valence-electron chi connectivity index (χ4n) is 2.26. The van der Waals surface area contributed by atoms with Gasteiger partial charge in [-0.1, -0.05) is 25.1 Å². The molecule has 3 heteroatoms. The van der Waals surface area contributed by atoms with Gasteiger partial charge in [0.1, 0.15) is 17.3 Å². The van der Waals surface area contributed by atoms with Gasteiger partial charge in [0.25, 0.3) is 0 Å². The molecule has 0 unspecified atom stereocenters. The van der Waals surface area contributed by atoms with Crippen molar-refractivity contribution in [3.63, 3.8) is 0 Å². The number of benzene rings is 2. The van der Waals surface area contributed by atoms with Crippen LogP contribution >= 0.6 is 0 Å². The summed E-state index contributed by atoms with van der Waals surface area (Å²) in [5.41, 5.74) is 2.76. The van der Waals surface area contributed by atoms with Gasteiger partial charge in [-0.05, 0) is 60.0 Å². The Balaban J connectivity index is 2.30. The molecule has 2 rings (SSSR count). The van der Waals surface area contributed by atoms with Gasteiger partial charge in [0.05, 0.1) is 14.2 Å². The maximum Gasteiger partial charge on any atom is 0.123 e. The highest BCUT2D eigenvalue weighted by atomic mass is 16.5. The number of methoxy groups -OCH3 is 2. The Labute approximate surface area is 137 Å². The van der Waals surface area contributed by atoms with Crippen molar-refractivity contribution in [2.45, 2.75) is 13.3 Å². The SMILES string of the molecule is CC/C=C(\C=C(/O)c1ccc(OC)cc1)c1ccc(OC)cc1. The first kappa shape index (κ1) is 16.7. The zero-order valence-electron chi connectivity index (χ0n) is 13.7. The van der Waals surface area contributed by atoms with E-state index in [1.54, 1.807) is 20.3 Å². The first-order valence-electron chi connectivity index (χ1n) is 7.57. The van der Waals surface area contributed by atoms with E-state index in [2.05, 4.69) is 13.0 Å². The average Bonchev–Trinajstić information content (AvgIpc) is 2.61. The molecule has 0 aliphatic carbocycles. The maximum atomic E-state index is 10.4. The summed E-state index contributed by atoms with van der Waals surface area (Å²) < 4.78 is 10.3. The summed E-state index contributed by atoms with van der Waals surface area (Å²) in [7, 11) is 3.27. The van der Waals surface area contributed by atoms with Crippen LogP contribution in [0.2, 0.25) is 0 Å². The predicted octanol–water partition coefficient (Wildman–Crippen LogP) is 5.10. The number of allylic oxidation sites excluding steroid dienone is 3. The van der Waals surface area contributed by atoms with E-state index in [0.29, 0.717) is 0 Å². The first-order chi connectivity index (χ1) is 11.2. The summed E-state index contributed by atoms with van der Waals surface area (Å²) in [6.45, 7) is 2.07. The lowest BCUT2D eigenvalue weighted by Gasteiger charge is -2.07. The van der Waals surface area contributed by atoms with Crippen LogP contribution < -0.4 is 9.47 Å². The molecular weight excluding hydrogens is 288 g/mol. The first-order valence-corrected chi connectivity index (χ1v) is 7.57. The second-order valence-electron chi connectivity index (χ2n) is 5.05. The van der Waals surface area contributed by atoms with E-state index in [1.807, 2.05) is 48.5 Å². The van der Waals surface area contributed by atoms with Crippen LogP contribution in [-0.4, -0.2) is 19.3 Å². The molecule has 0 radical (unpaired) electrons. The molecule has 120 valence electrons. The molecule has 0 saturated heterocycles. The number of hydrogen-bond acceptors (Lipinski definition) is 3. The van der Waals surface area contributed by atoms with E-state index in [1.165, 1.54) is 0 Å². The zero-order valence-corrected chi connectivity index (χ0v) is 13.7. The van der Waals surface area contributed by atoms with Gasteiger partial charge in [-0.2, -0.15) is 0 Å².